The molecule has 21 heavy (non-hydrogen) atoms. The van der Waals surface area contributed by atoms with E-state index in [0.717, 1.165) is 19.4 Å². The second-order valence-corrected chi connectivity index (χ2v) is 6.33. The number of pyridine rings is 1. The first kappa shape index (κ1) is 16.1. The molecular weight excluding hydrogens is 286 g/mol. The molecule has 1 aliphatic rings. The van der Waals surface area contributed by atoms with Crippen molar-refractivity contribution in [2.24, 2.45) is 5.92 Å². The van der Waals surface area contributed by atoms with Gasteiger partial charge in [0.05, 0.1) is 10.6 Å². The number of amides is 1. The molecular formula is C16H24ClN3O. The van der Waals surface area contributed by atoms with Crippen LogP contribution in [0.25, 0.3) is 0 Å². The smallest absolute Gasteiger partial charge is 0.255 e. The number of carbonyl (C=O) groups excluding carboxylic acids is 1. The third-order valence-electron chi connectivity index (χ3n) is 4.21. The number of carbonyl (C=O) groups is 1. The van der Waals surface area contributed by atoms with Crippen molar-refractivity contribution in [3.05, 3.63) is 22.8 Å². The highest BCUT2D eigenvalue weighted by Gasteiger charge is 2.26. The molecule has 4 nitrogen and oxygen atoms in total. The van der Waals surface area contributed by atoms with Crippen molar-refractivity contribution >= 4 is 23.3 Å². The van der Waals surface area contributed by atoms with E-state index in [4.69, 9.17) is 11.6 Å². The van der Waals surface area contributed by atoms with Gasteiger partial charge in [0.2, 0.25) is 0 Å². The van der Waals surface area contributed by atoms with Gasteiger partial charge >= 0.3 is 0 Å². The summed E-state index contributed by atoms with van der Waals surface area (Å²) in [6.45, 7) is 4.99. The van der Waals surface area contributed by atoms with Gasteiger partial charge in [-0.3, -0.25) is 4.79 Å². The Morgan fingerprint density at radius 2 is 2.29 bits per heavy atom. The maximum Gasteiger partial charge on any atom is 0.255 e. The van der Waals surface area contributed by atoms with Crippen LogP contribution in [-0.2, 0) is 0 Å². The summed E-state index contributed by atoms with van der Waals surface area (Å²) in [4.78, 5) is 18.7. The van der Waals surface area contributed by atoms with E-state index in [0.29, 0.717) is 28.4 Å². The third kappa shape index (κ3) is 3.88. The van der Waals surface area contributed by atoms with Gasteiger partial charge in [-0.2, -0.15) is 0 Å². The van der Waals surface area contributed by atoms with E-state index in [1.807, 2.05) is 18.9 Å². The quantitative estimate of drug-likeness (QED) is 0.919. The Balaban J connectivity index is 2.10. The zero-order valence-corrected chi connectivity index (χ0v) is 13.8. The molecule has 0 radical (unpaired) electrons. The minimum absolute atomic E-state index is 0.00606. The first-order valence-electron chi connectivity index (χ1n) is 7.69. The van der Waals surface area contributed by atoms with Crippen LogP contribution in [0.5, 0.6) is 0 Å². The molecule has 1 aliphatic carbocycles. The topological polar surface area (TPSA) is 45.2 Å². The van der Waals surface area contributed by atoms with Gasteiger partial charge in [-0.1, -0.05) is 31.4 Å². The van der Waals surface area contributed by atoms with E-state index in [-0.39, 0.29) is 5.91 Å². The maximum atomic E-state index is 12.6. The molecule has 0 spiro atoms. The summed E-state index contributed by atoms with van der Waals surface area (Å²) in [6, 6.07) is 2.03. The number of rotatable bonds is 4. The van der Waals surface area contributed by atoms with E-state index in [2.05, 4.69) is 17.2 Å². The van der Waals surface area contributed by atoms with Crippen LogP contribution in [0.15, 0.2) is 12.3 Å². The van der Waals surface area contributed by atoms with Crippen molar-refractivity contribution in [1.29, 1.82) is 0 Å². The van der Waals surface area contributed by atoms with Crippen LogP contribution >= 0.6 is 11.6 Å². The van der Waals surface area contributed by atoms with Crippen LogP contribution in [-0.4, -0.2) is 35.4 Å². The lowest BCUT2D eigenvalue weighted by Gasteiger charge is -2.34. The zero-order valence-electron chi connectivity index (χ0n) is 13.0. The molecule has 0 aliphatic heterocycles. The number of nitrogens with zero attached hydrogens (tertiary/aromatic N) is 2. The zero-order chi connectivity index (χ0) is 15.4. The van der Waals surface area contributed by atoms with Crippen molar-refractivity contribution in [1.82, 2.24) is 9.88 Å². The summed E-state index contributed by atoms with van der Waals surface area (Å²) in [7, 11) is 1.89. The third-order valence-corrected chi connectivity index (χ3v) is 4.50. The van der Waals surface area contributed by atoms with E-state index < -0.39 is 0 Å². The Kier molecular flexibility index (Phi) is 5.45. The highest BCUT2D eigenvalue weighted by Crippen LogP contribution is 2.28. The average molecular weight is 310 g/mol. The summed E-state index contributed by atoms with van der Waals surface area (Å²) < 4.78 is 0. The van der Waals surface area contributed by atoms with Gasteiger partial charge in [-0.25, -0.2) is 4.98 Å². The van der Waals surface area contributed by atoms with Gasteiger partial charge in [0, 0.05) is 25.8 Å². The molecule has 5 heteroatoms. The molecule has 2 rings (SSSR count). The van der Waals surface area contributed by atoms with E-state index in [1.54, 1.807) is 12.3 Å². The number of halogens is 1. The standard InChI is InChI=1S/C16H24ClN3O/c1-4-18-15-14(17)9-12(10-19-15)16(21)20(3)13-7-5-6-11(2)8-13/h9-11,13H,4-8H2,1-3H3,(H,18,19). The number of nitrogens with one attached hydrogen (secondary N) is 1. The van der Waals surface area contributed by atoms with Crippen LogP contribution in [0.2, 0.25) is 5.02 Å². The minimum atomic E-state index is 0.00606. The first-order chi connectivity index (χ1) is 10.0. The largest absolute Gasteiger partial charge is 0.369 e. The number of aromatic nitrogens is 1. The molecule has 0 saturated heterocycles. The van der Waals surface area contributed by atoms with Crippen molar-refractivity contribution in [3.63, 3.8) is 0 Å². The van der Waals surface area contributed by atoms with Crippen LogP contribution < -0.4 is 5.32 Å². The van der Waals surface area contributed by atoms with Gasteiger partial charge in [-0.05, 0) is 31.7 Å². The fourth-order valence-electron chi connectivity index (χ4n) is 2.98. The van der Waals surface area contributed by atoms with Crippen molar-refractivity contribution in [3.8, 4) is 0 Å². The highest BCUT2D eigenvalue weighted by molar-refractivity contribution is 6.33. The highest BCUT2D eigenvalue weighted by atomic mass is 35.5. The molecule has 2 unspecified atom stereocenters. The van der Waals surface area contributed by atoms with Crippen molar-refractivity contribution in [2.45, 2.75) is 45.6 Å². The summed E-state index contributed by atoms with van der Waals surface area (Å²) in [5.41, 5.74) is 0.558. The Morgan fingerprint density at radius 1 is 1.52 bits per heavy atom. The van der Waals surface area contributed by atoms with Crippen molar-refractivity contribution < 1.29 is 4.79 Å². The molecule has 0 bridgehead atoms. The molecule has 1 amide bonds. The molecule has 1 aromatic heterocycles. The molecule has 2 atom stereocenters. The van der Waals surface area contributed by atoms with E-state index >= 15 is 0 Å². The van der Waals surface area contributed by atoms with Crippen LogP contribution in [0.1, 0.15) is 49.9 Å². The normalized spacial score (nSPS) is 21.9. The molecule has 1 heterocycles. The molecule has 0 aromatic carbocycles. The molecule has 1 N–H and O–H groups in total. The fraction of sp³-hybridized carbons (Fsp3) is 0.625. The van der Waals surface area contributed by atoms with Crippen LogP contribution in [0.4, 0.5) is 5.82 Å². The van der Waals surface area contributed by atoms with Gasteiger partial charge in [0.25, 0.3) is 5.91 Å². The Bertz CT molecular complexity index is 506. The molecule has 1 fully saturated rings. The second kappa shape index (κ2) is 7.12. The average Bonchev–Trinajstić information content (AvgIpc) is 2.48. The maximum absolute atomic E-state index is 12.6. The summed E-state index contributed by atoms with van der Waals surface area (Å²) in [5, 5.41) is 3.57. The predicted octanol–water partition coefficient (Wildman–Crippen LogP) is 3.82. The van der Waals surface area contributed by atoms with Crippen LogP contribution in [0.3, 0.4) is 0 Å². The molecule has 1 saturated carbocycles. The Labute approximate surface area is 131 Å². The number of hydrogen-bond donors (Lipinski definition) is 1. The Hall–Kier alpha value is -1.29. The molecule has 116 valence electrons. The first-order valence-corrected chi connectivity index (χ1v) is 8.07. The fourth-order valence-corrected chi connectivity index (χ4v) is 3.21. The SMILES string of the molecule is CCNc1ncc(C(=O)N(C)C2CCCC(C)C2)cc1Cl. The van der Waals surface area contributed by atoms with Gasteiger partial charge < -0.3 is 10.2 Å². The summed E-state index contributed by atoms with van der Waals surface area (Å²) >= 11 is 6.17. The predicted molar refractivity (Wildman–Crippen MR) is 86.9 cm³/mol. The van der Waals surface area contributed by atoms with Gasteiger partial charge in [0.15, 0.2) is 0 Å². The van der Waals surface area contributed by atoms with Crippen molar-refractivity contribution in [2.75, 3.05) is 18.9 Å². The number of anilines is 1. The number of hydrogen-bond acceptors (Lipinski definition) is 3. The van der Waals surface area contributed by atoms with E-state index in [9.17, 15) is 4.79 Å². The van der Waals surface area contributed by atoms with Crippen LogP contribution in [0, 0.1) is 5.92 Å². The lowest BCUT2D eigenvalue weighted by molar-refractivity contribution is 0.0672. The van der Waals surface area contributed by atoms with Gasteiger partial charge in [-0.15, -0.1) is 0 Å². The lowest BCUT2D eigenvalue weighted by Crippen LogP contribution is -2.39. The minimum Gasteiger partial charge on any atom is -0.369 e. The monoisotopic (exact) mass is 309 g/mol. The van der Waals surface area contributed by atoms with E-state index in [1.165, 1.54) is 12.8 Å². The molecule has 1 aromatic rings. The lowest BCUT2D eigenvalue weighted by atomic mass is 9.86. The second-order valence-electron chi connectivity index (χ2n) is 5.93. The summed E-state index contributed by atoms with van der Waals surface area (Å²) in [5.74, 6) is 1.33. The summed E-state index contributed by atoms with van der Waals surface area (Å²) in [6.07, 6.45) is 6.24. The Morgan fingerprint density at radius 3 is 2.90 bits per heavy atom. The van der Waals surface area contributed by atoms with Gasteiger partial charge in [0.1, 0.15) is 5.82 Å².